The first-order chi connectivity index (χ1) is 21.3. The van der Waals surface area contributed by atoms with Crippen LogP contribution in [0.25, 0.3) is 0 Å². The number of nitrogens with zero attached hydrogens (tertiary/aromatic N) is 4. The van der Waals surface area contributed by atoms with Crippen LogP contribution in [0.5, 0.6) is 11.5 Å². The lowest BCUT2D eigenvalue weighted by molar-refractivity contribution is -0.157. The average molecular weight is 596 g/mol. The zero-order valence-corrected chi connectivity index (χ0v) is 24.8. The number of hydrogen-bond acceptors (Lipinski definition) is 6. The lowest BCUT2D eigenvalue weighted by Gasteiger charge is -2.46. The molecule has 3 aliphatic rings. The number of carbonyl (C=O) groups excluding carboxylic acids is 3. The van der Waals surface area contributed by atoms with Crippen LogP contribution in [-0.2, 0) is 35.5 Å². The first-order valence-electron chi connectivity index (χ1n) is 14.9. The van der Waals surface area contributed by atoms with Crippen LogP contribution in [0.15, 0.2) is 85.5 Å². The Morgan fingerprint density at radius 3 is 2.59 bits per heavy atom. The molecule has 3 aromatic rings. The van der Waals surface area contributed by atoms with Crippen molar-refractivity contribution in [3.8, 4) is 11.5 Å². The van der Waals surface area contributed by atoms with E-state index in [-0.39, 0.29) is 55.8 Å². The number of ether oxygens (including phenoxy) is 1. The van der Waals surface area contributed by atoms with Gasteiger partial charge in [-0.15, -0.1) is 6.58 Å². The second kappa shape index (κ2) is 12.4. The Kier molecular flexibility index (Phi) is 8.25. The normalized spacial score (nSPS) is 21.1. The molecule has 0 saturated carbocycles. The number of rotatable bonds is 9. The number of phenols is 1. The van der Waals surface area contributed by atoms with Crippen molar-refractivity contribution < 1.29 is 24.2 Å². The van der Waals surface area contributed by atoms with Gasteiger partial charge in [-0.05, 0) is 35.7 Å². The first kappa shape index (κ1) is 29.3. The summed E-state index contributed by atoms with van der Waals surface area (Å²) in [5.74, 6) is 0.546. The number of para-hydroxylation sites is 1. The van der Waals surface area contributed by atoms with E-state index in [0.717, 1.165) is 34.4 Å². The molecule has 2 saturated heterocycles. The van der Waals surface area contributed by atoms with Gasteiger partial charge in [0.1, 0.15) is 29.8 Å². The summed E-state index contributed by atoms with van der Waals surface area (Å²) in [6, 6.07) is 21.1. The van der Waals surface area contributed by atoms with E-state index in [1.807, 2.05) is 55.5 Å². The molecule has 6 rings (SSSR count). The fourth-order valence-corrected chi connectivity index (χ4v) is 6.37. The number of nitrogens with one attached hydrogen (secondary N) is 1. The summed E-state index contributed by atoms with van der Waals surface area (Å²) in [7, 11) is 0. The molecule has 0 aliphatic carbocycles. The molecule has 10 heteroatoms. The van der Waals surface area contributed by atoms with Crippen LogP contribution in [0, 0.1) is 0 Å². The molecule has 3 aromatic carbocycles. The van der Waals surface area contributed by atoms with Crippen LogP contribution < -0.4 is 10.1 Å². The number of urea groups is 1. The molecule has 44 heavy (non-hydrogen) atoms. The van der Waals surface area contributed by atoms with Crippen molar-refractivity contribution in [2.45, 2.75) is 51.2 Å². The number of aromatic hydroxyl groups is 1. The number of amides is 4. The fraction of sp³-hybridized carbons (Fsp3) is 0.324. The van der Waals surface area contributed by atoms with Gasteiger partial charge in [0.25, 0.3) is 0 Å². The third-order valence-electron chi connectivity index (χ3n) is 8.43. The summed E-state index contributed by atoms with van der Waals surface area (Å²) in [5.41, 5.74) is 3.80. The number of phenolic OH excluding ortho intramolecular Hbond substituents is 1. The average Bonchev–Trinajstić information content (AvgIpc) is 3.57. The van der Waals surface area contributed by atoms with Crippen molar-refractivity contribution in [1.82, 2.24) is 25.1 Å². The predicted molar refractivity (Wildman–Crippen MR) is 164 cm³/mol. The number of benzene rings is 3. The topological polar surface area (TPSA) is 106 Å². The van der Waals surface area contributed by atoms with Gasteiger partial charge in [0.05, 0.1) is 19.6 Å². The Hall–Kier alpha value is -4.83. The Labute approximate surface area is 257 Å². The lowest BCUT2D eigenvalue weighted by Crippen LogP contribution is -2.66. The number of hydrazine groups is 1. The third-order valence-corrected chi connectivity index (χ3v) is 8.43. The summed E-state index contributed by atoms with van der Waals surface area (Å²) in [5, 5.41) is 16.0. The van der Waals surface area contributed by atoms with E-state index in [9.17, 15) is 19.5 Å². The molecular formula is C34H37N5O5. The van der Waals surface area contributed by atoms with Crippen LogP contribution in [0.1, 0.15) is 29.2 Å². The van der Waals surface area contributed by atoms with Crippen LogP contribution in [0.2, 0.25) is 0 Å². The quantitative estimate of drug-likeness (QED) is 0.367. The Morgan fingerprint density at radius 2 is 1.84 bits per heavy atom. The molecule has 3 unspecified atom stereocenters. The van der Waals surface area contributed by atoms with Crippen LogP contribution in [0.3, 0.4) is 0 Å². The second-order valence-corrected chi connectivity index (χ2v) is 11.5. The number of hydrogen-bond donors (Lipinski definition) is 2. The van der Waals surface area contributed by atoms with Crippen LogP contribution in [0.4, 0.5) is 4.79 Å². The monoisotopic (exact) mass is 595 g/mol. The van der Waals surface area contributed by atoms with Gasteiger partial charge in [-0.1, -0.05) is 66.7 Å². The van der Waals surface area contributed by atoms with E-state index < -0.39 is 12.2 Å². The van der Waals surface area contributed by atoms with Gasteiger partial charge in [-0.3, -0.25) is 14.6 Å². The molecule has 228 valence electrons. The molecule has 0 radical (unpaired) electrons. The van der Waals surface area contributed by atoms with Crippen molar-refractivity contribution in [3.63, 3.8) is 0 Å². The Balaban J connectivity index is 1.30. The highest BCUT2D eigenvalue weighted by Crippen LogP contribution is 2.35. The molecule has 0 spiro atoms. The summed E-state index contributed by atoms with van der Waals surface area (Å²) in [6.45, 7) is 6.88. The molecule has 2 fully saturated rings. The smallest absolute Gasteiger partial charge is 0.332 e. The standard InChI is InChI=1S/C34H37N5O5/c1-3-16-37(34(43)35-19-25-8-5-4-6-9-25)38-22-31(41)39-29(18-24-12-14-28(40)15-13-24)33(42)36(21-30(38)39)20-27-11-7-10-26-17-23(2)44-32(26)27/h3-15,23,29-30,40H,1,16-22H2,2H3,(H,35,43). The van der Waals surface area contributed by atoms with E-state index in [1.165, 1.54) is 5.01 Å². The largest absolute Gasteiger partial charge is 0.508 e. The minimum Gasteiger partial charge on any atom is -0.508 e. The molecule has 0 bridgehead atoms. The van der Waals surface area contributed by atoms with E-state index >= 15 is 0 Å². The second-order valence-electron chi connectivity index (χ2n) is 11.5. The number of carbonyl (C=O) groups is 3. The lowest BCUT2D eigenvalue weighted by atomic mass is 9.99. The van der Waals surface area contributed by atoms with Gasteiger partial charge in [0.15, 0.2) is 0 Å². The molecule has 10 nitrogen and oxygen atoms in total. The highest BCUT2D eigenvalue weighted by molar-refractivity contribution is 5.92. The fourth-order valence-electron chi connectivity index (χ4n) is 6.37. The van der Waals surface area contributed by atoms with Crippen LogP contribution >= 0.6 is 0 Å². The minimum absolute atomic E-state index is 0.0498. The zero-order chi connectivity index (χ0) is 30.8. The maximum Gasteiger partial charge on any atom is 0.332 e. The van der Waals surface area contributed by atoms with Gasteiger partial charge >= 0.3 is 6.03 Å². The van der Waals surface area contributed by atoms with Crippen molar-refractivity contribution in [1.29, 1.82) is 0 Å². The van der Waals surface area contributed by atoms with Crippen molar-refractivity contribution in [2.24, 2.45) is 0 Å². The maximum absolute atomic E-state index is 14.2. The van der Waals surface area contributed by atoms with Gasteiger partial charge in [0.2, 0.25) is 11.8 Å². The summed E-state index contributed by atoms with van der Waals surface area (Å²) in [6.07, 6.45) is 2.20. The van der Waals surface area contributed by atoms with Gasteiger partial charge in [0, 0.05) is 31.5 Å². The molecule has 0 aromatic heterocycles. The molecule has 2 N–H and O–H groups in total. The Bertz CT molecular complexity index is 1550. The summed E-state index contributed by atoms with van der Waals surface area (Å²) in [4.78, 5) is 44.8. The van der Waals surface area contributed by atoms with E-state index in [1.54, 1.807) is 45.2 Å². The summed E-state index contributed by atoms with van der Waals surface area (Å²) >= 11 is 0. The highest BCUT2D eigenvalue weighted by Gasteiger charge is 2.52. The predicted octanol–water partition coefficient (Wildman–Crippen LogP) is 3.45. The molecule has 3 atom stereocenters. The van der Waals surface area contributed by atoms with Crippen LogP contribution in [-0.4, -0.2) is 80.7 Å². The molecular weight excluding hydrogens is 558 g/mol. The number of fused-ring (bicyclic) bond motifs is 2. The third kappa shape index (κ3) is 5.85. The van der Waals surface area contributed by atoms with Gasteiger partial charge < -0.3 is 25.0 Å². The van der Waals surface area contributed by atoms with Crippen molar-refractivity contribution >= 4 is 17.8 Å². The first-order valence-corrected chi connectivity index (χ1v) is 14.9. The van der Waals surface area contributed by atoms with E-state index in [2.05, 4.69) is 11.9 Å². The molecule has 4 amide bonds. The van der Waals surface area contributed by atoms with Crippen molar-refractivity contribution in [2.75, 3.05) is 19.6 Å². The number of piperazine rings is 1. The maximum atomic E-state index is 14.2. The van der Waals surface area contributed by atoms with Crippen molar-refractivity contribution in [3.05, 3.63) is 108 Å². The molecule has 3 aliphatic heterocycles. The minimum atomic E-state index is -0.787. The van der Waals surface area contributed by atoms with E-state index in [4.69, 9.17) is 4.74 Å². The highest BCUT2D eigenvalue weighted by atomic mass is 16.5. The van der Waals surface area contributed by atoms with E-state index in [0.29, 0.717) is 13.1 Å². The molecule has 3 heterocycles. The SMILES string of the molecule is C=CCN(C(=O)NCc1ccccc1)N1CC(=O)N2C(Cc3ccc(O)cc3)C(=O)N(Cc3cccc4c3OC(C)C4)CC21. The Morgan fingerprint density at radius 1 is 1.07 bits per heavy atom. The van der Waals surface area contributed by atoms with Gasteiger partial charge in [-0.2, -0.15) is 5.01 Å². The summed E-state index contributed by atoms with van der Waals surface area (Å²) < 4.78 is 6.13. The van der Waals surface area contributed by atoms with Gasteiger partial charge in [-0.25, -0.2) is 4.79 Å². The zero-order valence-electron chi connectivity index (χ0n) is 24.8.